The van der Waals surface area contributed by atoms with Crippen molar-refractivity contribution in [3.05, 3.63) is 66.1 Å². The maximum Gasteiger partial charge on any atom is 0.452 e. The first-order chi connectivity index (χ1) is 20.1. The van der Waals surface area contributed by atoms with Crippen LogP contribution in [0.4, 0.5) is 24.5 Å². The first kappa shape index (κ1) is 29.2. The molecule has 1 saturated carbocycles. The number of rotatable bonds is 7. The van der Waals surface area contributed by atoms with Gasteiger partial charge in [0.15, 0.2) is 5.69 Å². The highest BCUT2D eigenvalue weighted by Gasteiger charge is 2.44. The van der Waals surface area contributed by atoms with Gasteiger partial charge in [-0.1, -0.05) is 31.0 Å². The summed E-state index contributed by atoms with van der Waals surface area (Å²) in [6, 6.07) is 14.7. The first-order valence-electron chi connectivity index (χ1n) is 13.9. The summed E-state index contributed by atoms with van der Waals surface area (Å²) >= 11 is 0. The van der Waals surface area contributed by atoms with E-state index in [1.807, 2.05) is 0 Å². The third-order valence-corrected chi connectivity index (χ3v) is 7.96. The van der Waals surface area contributed by atoms with E-state index in [0.29, 0.717) is 51.0 Å². The predicted octanol–water partition coefficient (Wildman–Crippen LogP) is 5.69. The Morgan fingerprint density at radius 2 is 1.62 bits per heavy atom. The maximum atomic E-state index is 13.6. The summed E-state index contributed by atoms with van der Waals surface area (Å²) in [6.07, 6.45) is -1.50. The lowest BCUT2D eigenvalue weighted by Gasteiger charge is -2.28. The Hall–Kier alpha value is -4.35. The molecule has 12 heteroatoms. The second-order valence-corrected chi connectivity index (χ2v) is 10.8. The van der Waals surface area contributed by atoms with E-state index in [2.05, 4.69) is 15.2 Å². The maximum absolute atomic E-state index is 13.6. The fourth-order valence-electron chi connectivity index (χ4n) is 5.66. The minimum Gasteiger partial charge on any atom is -0.481 e. The van der Waals surface area contributed by atoms with Gasteiger partial charge >= 0.3 is 12.1 Å². The molecule has 222 valence electrons. The normalized spacial score (nSPS) is 17.1. The molecule has 2 aliphatic rings. The second kappa shape index (κ2) is 11.9. The number of aromatic nitrogens is 1. The molecule has 1 aromatic heterocycles. The number of oxazole rings is 1. The average Bonchev–Trinajstić information content (AvgIpc) is 3.57. The van der Waals surface area contributed by atoms with Gasteiger partial charge in [-0.15, -0.1) is 0 Å². The van der Waals surface area contributed by atoms with E-state index in [4.69, 9.17) is 4.42 Å². The number of benzene rings is 2. The molecule has 2 fully saturated rings. The van der Waals surface area contributed by atoms with Crippen molar-refractivity contribution >= 4 is 29.2 Å². The molecule has 0 spiro atoms. The first-order valence-corrected chi connectivity index (χ1v) is 13.9. The van der Waals surface area contributed by atoms with Gasteiger partial charge in [0.25, 0.3) is 5.91 Å². The van der Waals surface area contributed by atoms with E-state index in [9.17, 15) is 32.7 Å². The van der Waals surface area contributed by atoms with Crippen molar-refractivity contribution in [1.82, 2.24) is 9.88 Å². The minimum absolute atomic E-state index is 0.0190. The number of anilines is 2. The Morgan fingerprint density at radius 1 is 0.929 bits per heavy atom. The second-order valence-electron chi connectivity index (χ2n) is 10.8. The molecule has 9 nitrogen and oxygen atoms in total. The molecule has 0 atom stereocenters. The van der Waals surface area contributed by atoms with Crippen molar-refractivity contribution < 1.29 is 37.1 Å². The van der Waals surface area contributed by atoms with Crippen LogP contribution < -0.4 is 10.2 Å². The summed E-state index contributed by atoms with van der Waals surface area (Å²) in [5.41, 5.74) is -0.402. The van der Waals surface area contributed by atoms with Crippen LogP contribution in [-0.2, 0) is 15.8 Å². The number of aliphatic carboxylic acids is 1. The molecule has 0 bridgehead atoms. The van der Waals surface area contributed by atoms with Gasteiger partial charge in [0, 0.05) is 49.5 Å². The number of alkyl halides is 3. The minimum atomic E-state index is -4.91. The van der Waals surface area contributed by atoms with Gasteiger partial charge in [-0.05, 0) is 55.7 Å². The molecule has 2 heterocycles. The number of carbonyl (C=O) groups is 3. The van der Waals surface area contributed by atoms with Crippen LogP contribution in [0.1, 0.15) is 54.8 Å². The van der Waals surface area contributed by atoms with Crippen LogP contribution >= 0.6 is 0 Å². The van der Waals surface area contributed by atoms with Crippen LogP contribution in [0, 0.1) is 5.41 Å². The molecule has 1 aliphatic carbocycles. The van der Waals surface area contributed by atoms with Crippen molar-refractivity contribution in [1.29, 1.82) is 0 Å². The molecule has 1 aliphatic heterocycles. The molecule has 0 radical (unpaired) electrons. The highest BCUT2D eigenvalue weighted by atomic mass is 19.4. The summed E-state index contributed by atoms with van der Waals surface area (Å²) in [5.74, 6) is -3.86. The lowest BCUT2D eigenvalue weighted by atomic mass is 9.82. The molecule has 1 saturated heterocycles. The zero-order valence-electron chi connectivity index (χ0n) is 22.8. The van der Waals surface area contributed by atoms with Crippen LogP contribution in [-0.4, -0.2) is 59.0 Å². The van der Waals surface area contributed by atoms with Crippen molar-refractivity contribution in [3.63, 3.8) is 0 Å². The lowest BCUT2D eigenvalue weighted by Crippen LogP contribution is -2.40. The van der Waals surface area contributed by atoms with Crippen LogP contribution in [0.5, 0.6) is 0 Å². The largest absolute Gasteiger partial charge is 0.481 e. The molecule has 5 rings (SSSR count). The van der Waals surface area contributed by atoms with Crippen LogP contribution in [0.3, 0.4) is 0 Å². The van der Waals surface area contributed by atoms with E-state index >= 15 is 0 Å². The highest BCUT2D eigenvalue weighted by Crippen LogP contribution is 2.42. The fourth-order valence-corrected chi connectivity index (χ4v) is 5.66. The Balaban J connectivity index is 1.22. The van der Waals surface area contributed by atoms with E-state index in [-0.39, 0.29) is 23.9 Å². The third-order valence-electron chi connectivity index (χ3n) is 7.96. The number of hydrogen-bond donors (Lipinski definition) is 2. The van der Waals surface area contributed by atoms with E-state index in [0.717, 1.165) is 18.5 Å². The molecular weight excluding hydrogens is 553 g/mol. The zero-order valence-corrected chi connectivity index (χ0v) is 22.8. The number of nitrogens with one attached hydrogen (secondary N) is 1. The molecule has 0 unspecified atom stereocenters. The summed E-state index contributed by atoms with van der Waals surface area (Å²) < 4.78 is 45.8. The predicted molar refractivity (Wildman–Crippen MR) is 148 cm³/mol. The summed E-state index contributed by atoms with van der Waals surface area (Å²) in [4.78, 5) is 45.4. The average molecular weight is 585 g/mol. The topological polar surface area (TPSA) is 116 Å². The van der Waals surface area contributed by atoms with Gasteiger partial charge in [0.1, 0.15) is 0 Å². The Morgan fingerprint density at radius 3 is 2.26 bits per heavy atom. The zero-order chi connectivity index (χ0) is 29.9. The smallest absolute Gasteiger partial charge is 0.452 e. The monoisotopic (exact) mass is 584 g/mol. The SMILES string of the molecule is O=C(Nc1ccc(N2CCCN(C(=O)CC3(C(=O)O)CCCC3)CC2)cc1)c1nc(-c2ccccc2)oc1C(F)(F)F. The summed E-state index contributed by atoms with van der Waals surface area (Å²) in [6.45, 7) is 2.18. The van der Waals surface area contributed by atoms with Crippen molar-refractivity contribution in [2.75, 3.05) is 36.4 Å². The van der Waals surface area contributed by atoms with Gasteiger partial charge in [0.2, 0.25) is 17.6 Å². The number of halogens is 3. The highest BCUT2D eigenvalue weighted by molar-refractivity contribution is 6.04. The molecular formula is C30H31F3N4O5. The van der Waals surface area contributed by atoms with Crippen LogP contribution in [0.15, 0.2) is 59.0 Å². The van der Waals surface area contributed by atoms with Crippen LogP contribution in [0.25, 0.3) is 11.5 Å². The van der Waals surface area contributed by atoms with Crippen molar-refractivity contribution in [2.24, 2.45) is 5.41 Å². The number of carboxylic acid groups (broad SMARTS) is 1. The summed E-state index contributed by atoms with van der Waals surface area (Å²) in [5, 5.41) is 12.2. The van der Waals surface area contributed by atoms with Gasteiger partial charge in [-0.3, -0.25) is 14.4 Å². The number of carbonyl (C=O) groups excluding carboxylic acids is 2. The third kappa shape index (κ3) is 6.27. The molecule has 2 N–H and O–H groups in total. The Kier molecular flexibility index (Phi) is 8.24. The standard InChI is InChI=1S/C30H31F3N4O5/c31-30(32,33)25-24(35-27(42-25)20-7-2-1-3-8-20)26(39)34-21-9-11-22(12-10-21)36-15-6-16-37(18-17-36)23(38)19-29(28(40)41)13-4-5-14-29/h1-3,7-12H,4-6,13-19H2,(H,34,39)(H,40,41). The van der Waals surface area contributed by atoms with Gasteiger partial charge in [-0.25, -0.2) is 4.98 Å². The number of hydrogen-bond acceptors (Lipinski definition) is 6. The summed E-state index contributed by atoms with van der Waals surface area (Å²) in [7, 11) is 0. The van der Waals surface area contributed by atoms with E-state index in [1.54, 1.807) is 47.4 Å². The van der Waals surface area contributed by atoms with Gasteiger partial charge in [-0.2, -0.15) is 13.2 Å². The Bertz CT molecular complexity index is 1430. The number of amides is 2. The molecule has 2 aromatic carbocycles. The van der Waals surface area contributed by atoms with Gasteiger partial charge < -0.3 is 24.6 Å². The van der Waals surface area contributed by atoms with Crippen LogP contribution in [0.2, 0.25) is 0 Å². The fraction of sp³-hybridized carbons (Fsp3) is 0.400. The molecule has 42 heavy (non-hydrogen) atoms. The van der Waals surface area contributed by atoms with Crippen molar-refractivity contribution in [2.45, 2.75) is 44.7 Å². The quantitative estimate of drug-likeness (QED) is 0.367. The molecule has 3 aromatic rings. The van der Waals surface area contributed by atoms with Gasteiger partial charge in [0.05, 0.1) is 5.41 Å². The Labute approximate surface area is 240 Å². The number of carboxylic acids is 1. The van der Waals surface area contributed by atoms with E-state index in [1.165, 1.54) is 12.1 Å². The van der Waals surface area contributed by atoms with Crippen molar-refractivity contribution in [3.8, 4) is 11.5 Å². The number of nitrogens with zero attached hydrogens (tertiary/aromatic N) is 3. The lowest BCUT2D eigenvalue weighted by molar-refractivity contribution is -0.153. The molecule has 2 amide bonds. The van der Waals surface area contributed by atoms with E-state index < -0.39 is 34.9 Å².